The fourth-order valence-corrected chi connectivity index (χ4v) is 3.17. The summed E-state index contributed by atoms with van der Waals surface area (Å²) in [4.78, 5) is 14.3. The number of benzene rings is 2. The van der Waals surface area contributed by atoms with Gasteiger partial charge in [0.05, 0.1) is 34.5 Å². The minimum Gasteiger partial charge on any atom is -0.497 e. The van der Waals surface area contributed by atoms with Crippen LogP contribution in [0, 0.1) is 0 Å². The summed E-state index contributed by atoms with van der Waals surface area (Å²) in [6.45, 7) is 2.35. The van der Waals surface area contributed by atoms with Crippen molar-refractivity contribution in [2.75, 3.05) is 47.6 Å². The summed E-state index contributed by atoms with van der Waals surface area (Å²) in [7, 11) is 4.86. The molecule has 0 aromatic heterocycles. The molecule has 0 N–H and O–H groups in total. The molecule has 1 aliphatic heterocycles. The van der Waals surface area contributed by atoms with Crippen LogP contribution in [0.5, 0.6) is 17.2 Å². The first-order chi connectivity index (χ1) is 14.6. The Bertz CT molecular complexity index is 912. The maximum atomic E-state index is 12.5. The number of carbonyl (C=O) groups excluding carboxylic acids is 1. The van der Waals surface area contributed by atoms with Crippen molar-refractivity contribution in [3.63, 3.8) is 0 Å². The number of ether oxygens (including phenoxy) is 4. The van der Waals surface area contributed by atoms with E-state index in [1.165, 1.54) is 0 Å². The molecule has 0 aliphatic carbocycles. The molecular formula is C24H27NO5. The molecule has 6 heteroatoms. The largest absolute Gasteiger partial charge is 0.497 e. The topological polar surface area (TPSA) is 57.2 Å². The van der Waals surface area contributed by atoms with Gasteiger partial charge in [-0.05, 0) is 35.4 Å². The highest BCUT2D eigenvalue weighted by Crippen LogP contribution is 2.31. The van der Waals surface area contributed by atoms with Crippen molar-refractivity contribution in [1.29, 1.82) is 0 Å². The highest BCUT2D eigenvalue weighted by molar-refractivity contribution is 5.93. The van der Waals surface area contributed by atoms with E-state index in [2.05, 4.69) is 0 Å². The minimum absolute atomic E-state index is 0.0405. The molecule has 0 saturated carbocycles. The van der Waals surface area contributed by atoms with E-state index in [1.807, 2.05) is 48.6 Å². The average molecular weight is 409 g/mol. The summed E-state index contributed by atoms with van der Waals surface area (Å²) in [5.41, 5.74) is 2.72. The van der Waals surface area contributed by atoms with E-state index in [-0.39, 0.29) is 5.91 Å². The van der Waals surface area contributed by atoms with Crippen LogP contribution in [0.25, 0.3) is 18.2 Å². The Morgan fingerprint density at radius 3 is 2.23 bits per heavy atom. The van der Waals surface area contributed by atoms with Crippen molar-refractivity contribution in [2.24, 2.45) is 0 Å². The van der Waals surface area contributed by atoms with Crippen molar-refractivity contribution < 1.29 is 23.7 Å². The molecule has 1 aliphatic rings. The van der Waals surface area contributed by atoms with Crippen molar-refractivity contribution in [1.82, 2.24) is 4.90 Å². The fraction of sp³-hybridized carbons (Fsp3) is 0.292. The molecule has 0 radical (unpaired) electrons. The van der Waals surface area contributed by atoms with Gasteiger partial charge in [0.2, 0.25) is 5.91 Å². The summed E-state index contributed by atoms with van der Waals surface area (Å²) in [5, 5.41) is 0. The smallest absolute Gasteiger partial charge is 0.246 e. The van der Waals surface area contributed by atoms with Gasteiger partial charge in [-0.2, -0.15) is 0 Å². The first kappa shape index (κ1) is 21.5. The van der Waals surface area contributed by atoms with Gasteiger partial charge in [-0.1, -0.05) is 24.3 Å². The molecule has 6 nitrogen and oxygen atoms in total. The molecule has 0 unspecified atom stereocenters. The van der Waals surface area contributed by atoms with Crippen molar-refractivity contribution >= 4 is 24.1 Å². The first-order valence-electron chi connectivity index (χ1n) is 9.77. The van der Waals surface area contributed by atoms with Gasteiger partial charge in [0.1, 0.15) is 17.2 Å². The molecule has 1 saturated heterocycles. The van der Waals surface area contributed by atoms with Gasteiger partial charge >= 0.3 is 0 Å². The molecule has 158 valence electrons. The Morgan fingerprint density at radius 2 is 1.60 bits per heavy atom. The predicted octanol–water partition coefficient (Wildman–Crippen LogP) is 3.75. The molecule has 0 spiro atoms. The van der Waals surface area contributed by atoms with Gasteiger partial charge in [0.25, 0.3) is 0 Å². The highest BCUT2D eigenvalue weighted by atomic mass is 16.5. The Morgan fingerprint density at radius 1 is 0.900 bits per heavy atom. The zero-order valence-corrected chi connectivity index (χ0v) is 17.6. The van der Waals surface area contributed by atoms with E-state index in [9.17, 15) is 4.79 Å². The lowest BCUT2D eigenvalue weighted by Crippen LogP contribution is -2.39. The van der Waals surface area contributed by atoms with Crippen LogP contribution in [0.3, 0.4) is 0 Å². The molecule has 1 amide bonds. The Kier molecular flexibility index (Phi) is 7.51. The van der Waals surface area contributed by atoms with Gasteiger partial charge in [-0.3, -0.25) is 4.79 Å². The number of hydrogen-bond acceptors (Lipinski definition) is 5. The molecular weight excluding hydrogens is 382 g/mol. The second kappa shape index (κ2) is 10.5. The Labute approximate surface area is 177 Å². The van der Waals surface area contributed by atoms with Crippen LogP contribution in [0.2, 0.25) is 0 Å². The SMILES string of the molecule is COc1ccc(/C=C/c2cc(OC)cc(OC)c2/C=C/C(=O)N2CCOCC2)cc1. The molecule has 1 fully saturated rings. The zero-order valence-electron chi connectivity index (χ0n) is 17.6. The van der Waals surface area contributed by atoms with Gasteiger partial charge < -0.3 is 23.8 Å². The van der Waals surface area contributed by atoms with E-state index >= 15 is 0 Å². The lowest BCUT2D eigenvalue weighted by atomic mass is 10.0. The number of morpholine rings is 1. The summed E-state index contributed by atoms with van der Waals surface area (Å²) < 4.78 is 21.5. The fourth-order valence-electron chi connectivity index (χ4n) is 3.17. The van der Waals surface area contributed by atoms with Crippen molar-refractivity contribution in [3.8, 4) is 17.2 Å². The minimum atomic E-state index is -0.0405. The van der Waals surface area contributed by atoms with E-state index in [4.69, 9.17) is 18.9 Å². The lowest BCUT2D eigenvalue weighted by molar-refractivity contribution is -0.129. The molecule has 1 heterocycles. The standard InChI is InChI=1S/C24H27NO5/c1-27-20-8-5-18(6-9-20)4-7-19-16-21(28-2)17-23(29-3)22(19)10-11-24(26)25-12-14-30-15-13-25/h4-11,16-17H,12-15H2,1-3H3/b7-4+,11-10+. The van der Waals surface area contributed by atoms with Crippen LogP contribution in [-0.4, -0.2) is 58.4 Å². The van der Waals surface area contributed by atoms with Gasteiger partial charge in [-0.25, -0.2) is 0 Å². The summed E-state index contributed by atoms with van der Waals surface area (Å²) >= 11 is 0. The zero-order chi connectivity index (χ0) is 21.3. The van der Waals surface area contributed by atoms with Crippen LogP contribution in [0.4, 0.5) is 0 Å². The van der Waals surface area contributed by atoms with E-state index in [0.29, 0.717) is 37.8 Å². The van der Waals surface area contributed by atoms with Gasteiger partial charge in [-0.15, -0.1) is 0 Å². The number of carbonyl (C=O) groups is 1. The quantitative estimate of drug-likeness (QED) is 0.515. The number of amides is 1. The molecule has 0 atom stereocenters. The first-order valence-corrected chi connectivity index (χ1v) is 9.77. The highest BCUT2D eigenvalue weighted by Gasteiger charge is 2.15. The number of methoxy groups -OCH3 is 3. The van der Waals surface area contributed by atoms with Crippen molar-refractivity contribution in [3.05, 3.63) is 59.2 Å². The maximum Gasteiger partial charge on any atom is 0.246 e. The van der Waals surface area contributed by atoms with Crippen LogP contribution in [-0.2, 0) is 9.53 Å². The van der Waals surface area contributed by atoms with Crippen LogP contribution in [0.15, 0.2) is 42.5 Å². The third-order valence-electron chi connectivity index (χ3n) is 4.89. The molecule has 3 rings (SSSR count). The molecule has 2 aromatic rings. The maximum absolute atomic E-state index is 12.5. The van der Waals surface area contributed by atoms with E-state index < -0.39 is 0 Å². The number of nitrogens with zero attached hydrogens (tertiary/aromatic N) is 1. The normalized spacial score (nSPS) is 14.3. The summed E-state index contributed by atoms with van der Waals surface area (Å²) in [6.07, 6.45) is 7.35. The second-order valence-electron chi connectivity index (χ2n) is 6.71. The molecule has 0 bridgehead atoms. The Hall–Kier alpha value is -3.25. The third-order valence-corrected chi connectivity index (χ3v) is 4.89. The number of hydrogen-bond donors (Lipinski definition) is 0. The summed E-state index contributed by atoms with van der Waals surface area (Å²) in [5.74, 6) is 2.08. The van der Waals surface area contributed by atoms with E-state index in [0.717, 1.165) is 22.4 Å². The third kappa shape index (κ3) is 5.42. The van der Waals surface area contributed by atoms with Crippen LogP contribution in [0.1, 0.15) is 16.7 Å². The number of rotatable bonds is 7. The monoisotopic (exact) mass is 409 g/mol. The molecule has 2 aromatic carbocycles. The van der Waals surface area contributed by atoms with Crippen LogP contribution >= 0.6 is 0 Å². The van der Waals surface area contributed by atoms with Crippen molar-refractivity contribution in [2.45, 2.75) is 0 Å². The predicted molar refractivity (Wildman–Crippen MR) is 118 cm³/mol. The van der Waals surface area contributed by atoms with Gasteiger partial charge in [0, 0.05) is 30.8 Å². The molecule has 30 heavy (non-hydrogen) atoms. The lowest BCUT2D eigenvalue weighted by Gasteiger charge is -2.25. The van der Waals surface area contributed by atoms with Gasteiger partial charge in [0.15, 0.2) is 0 Å². The average Bonchev–Trinajstić information content (AvgIpc) is 2.81. The van der Waals surface area contributed by atoms with E-state index in [1.54, 1.807) is 38.4 Å². The second-order valence-corrected chi connectivity index (χ2v) is 6.71. The Balaban J connectivity index is 1.90. The van der Waals surface area contributed by atoms with Crippen LogP contribution < -0.4 is 14.2 Å². The summed E-state index contributed by atoms with van der Waals surface area (Å²) in [6, 6.07) is 11.5.